The fourth-order valence-electron chi connectivity index (χ4n) is 6.27. The number of rotatable bonds is 1. The lowest BCUT2D eigenvalue weighted by Crippen LogP contribution is -2.46. The van der Waals surface area contributed by atoms with Crippen LogP contribution >= 0.6 is 0 Å². The van der Waals surface area contributed by atoms with Gasteiger partial charge in [0.15, 0.2) is 0 Å². The molecule has 24 heavy (non-hydrogen) atoms. The molecule has 2 saturated carbocycles. The summed E-state index contributed by atoms with van der Waals surface area (Å²) < 4.78 is 0. The van der Waals surface area contributed by atoms with Crippen molar-refractivity contribution >= 4 is 11.5 Å². The van der Waals surface area contributed by atoms with Crippen molar-refractivity contribution < 1.29 is 4.79 Å². The number of ketones is 1. The minimum absolute atomic E-state index is 0.0997. The summed E-state index contributed by atoms with van der Waals surface area (Å²) in [5.41, 5.74) is 10.1. The number of fused-ring (bicyclic) bond motifs is 5. The van der Waals surface area contributed by atoms with E-state index in [0.717, 1.165) is 38.5 Å². The third kappa shape index (κ3) is 1.92. The van der Waals surface area contributed by atoms with Gasteiger partial charge in [-0.25, -0.2) is 0 Å². The van der Waals surface area contributed by atoms with E-state index in [4.69, 9.17) is 5.73 Å². The van der Waals surface area contributed by atoms with Crippen LogP contribution in [0, 0.1) is 34.5 Å². The van der Waals surface area contributed by atoms with Crippen LogP contribution in [0.15, 0.2) is 12.1 Å². The normalized spacial score (nSPS) is 37.3. The minimum Gasteiger partial charge on any atom is -0.397 e. The summed E-state index contributed by atoms with van der Waals surface area (Å²) in [7, 11) is 0. The number of benzene rings is 1. The molecule has 0 saturated heterocycles. The zero-order valence-corrected chi connectivity index (χ0v) is 14.6. The summed E-state index contributed by atoms with van der Waals surface area (Å²) >= 11 is 0. The molecular weight excluding hydrogens is 296 g/mol. The Hall–Kier alpha value is -1.82. The number of carbonyl (C=O) groups excluding carboxylic acids is 1. The Morgan fingerprint density at radius 1 is 1.33 bits per heavy atom. The summed E-state index contributed by atoms with van der Waals surface area (Å²) in [6, 6.07) is 6.28. The molecule has 1 aromatic carbocycles. The van der Waals surface area contributed by atoms with Crippen LogP contribution in [0.1, 0.15) is 68.6 Å². The lowest BCUT2D eigenvalue weighted by atomic mass is 9.51. The van der Waals surface area contributed by atoms with Gasteiger partial charge in [0.25, 0.3) is 0 Å². The van der Waals surface area contributed by atoms with Gasteiger partial charge in [-0.15, -0.1) is 0 Å². The number of hydrogen-bond donors (Lipinski definition) is 1. The van der Waals surface area contributed by atoms with Gasteiger partial charge in [-0.3, -0.25) is 4.79 Å². The number of nitrogens with two attached hydrogens (primary N) is 1. The van der Waals surface area contributed by atoms with E-state index >= 15 is 0 Å². The van der Waals surface area contributed by atoms with E-state index in [1.165, 1.54) is 11.1 Å². The second-order valence-corrected chi connectivity index (χ2v) is 8.29. The molecule has 3 unspecified atom stereocenters. The molecule has 2 fully saturated rings. The highest BCUT2D eigenvalue weighted by molar-refractivity contribution is 5.87. The maximum absolute atomic E-state index is 12.6. The maximum Gasteiger partial charge on any atom is 0.139 e. The van der Waals surface area contributed by atoms with Gasteiger partial charge < -0.3 is 5.73 Å². The third-order valence-electron chi connectivity index (χ3n) is 7.43. The Balaban J connectivity index is 1.82. The topological polar surface area (TPSA) is 66.9 Å². The molecule has 0 spiro atoms. The second-order valence-electron chi connectivity index (χ2n) is 8.29. The van der Waals surface area contributed by atoms with Crippen LogP contribution < -0.4 is 5.73 Å². The van der Waals surface area contributed by atoms with Gasteiger partial charge in [0.05, 0.1) is 11.3 Å². The maximum atomic E-state index is 12.6. The average molecular weight is 322 g/mol. The van der Waals surface area contributed by atoms with Crippen molar-refractivity contribution in [1.29, 1.82) is 5.26 Å². The molecule has 3 heteroatoms. The lowest BCUT2D eigenvalue weighted by molar-refractivity contribution is -0.131. The van der Waals surface area contributed by atoms with E-state index in [1.54, 1.807) is 0 Å². The predicted molar refractivity (Wildman–Crippen MR) is 94.4 cm³/mol. The van der Waals surface area contributed by atoms with E-state index in [1.807, 2.05) is 6.07 Å². The highest BCUT2D eigenvalue weighted by Crippen LogP contribution is 2.62. The number of nitrogens with zero attached hydrogens (tertiary/aromatic N) is 1. The summed E-state index contributed by atoms with van der Waals surface area (Å²) in [6.45, 7) is 4.49. The van der Waals surface area contributed by atoms with Gasteiger partial charge in [0.2, 0.25) is 0 Å². The number of anilines is 1. The molecule has 0 aromatic heterocycles. The summed E-state index contributed by atoms with van der Waals surface area (Å²) in [6.07, 6.45) is 6.02. The first-order chi connectivity index (χ1) is 11.5. The lowest BCUT2D eigenvalue weighted by Gasteiger charge is -2.52. The molecule has 2 N–H and O–H groups in total. The largest absolute Gasteiger partial charge is 0.397 e. The zero-order valence-electron chi connectivity index (χ0n) is 14.6. The van der Waals surface area contributed by atoms with Crippen LogP contribution in [-0.2, 0) is 11.2 Å². The van der Waals surface area contributed by atoms with Crippen LogP contribution in [0.25, 0.3) is 0 Å². The first kappa shape index (κ1) is 15.7. The smallest absolute Gasteiger partial charge is 0.139 e. The van der Waals surface area contributed by atoms with Crippen molar-refractivity contribution in [1.82, 2.24) is 0 Å². The minimum atomic E-state index is -0.0997. The standard InChI is InChI=1S/C21H26N2O/c1-3-12-10-21(2)17(8-9-18(21)24)16-7-6-15-14(19(12)16)5-4-13(11-22)20(15)23/h4-5,12,16-17,19H,3,6-10,23H2,1-2H3/t12-,16?,17?,19?,21-/m0/s1. The van der Waals surface area contributed by atoms with E-state index in [0.29, 0.717) is 40.7 Å². The van der Waals surface area contributed by atoms with Crippen LogP contribution in [0.5, 0.6) is 0 Å². The van der Waals surface area contributed by atoms with E-state index in [9.17, 15) is 10.1 Å². The van der Waals surface area contributed by atoms with Crippen molar-refractivity contribution in [2.24, 2.45) is 23.2 Å². The van der Waals surface area contributed by atoms with Gasteiger partial charge in [-0.1, -0.05) is 26.3 Å². The molecule has 1 aromatic rings. The Bertz CT molecular complexity index is 747. The van der Waals surface area contributed by atoms with E-state index in [2.05, 4.69) is 26.0 Å². The summed E-state index contributed by atoms with van der Waals surface area (Å²) in [5, 5.41) is 9.27. The highest BCUT2D eigenvalue weighted by atomic mass is 16.1. The quantitative estimate of drug-likeness (QED) is 0.788. The first-order valence-electron chi connectivity index (χ1n) is 9.36. The fourth-order valence-corrected chi connectivity index (χ4v) is 6.27. The summed E-state index contributed by atoms with van der Waals surface area (Å²) in [5.74, 6) is 2.68. The average Bonchev–Trinajstić information content (AvgIpc) is 2.89. The Labute approximate surface area is 144 Å². The van der Waals surface area contributed by atoms with E-state index in [-0.39, 0.29) is 5.41 Å². The first-order valence-corrected chi connectivity index (χ1v) is 9.36. The monoisotopic (exact) mass is 322 g/mol. The molecule has 0 heterocycles. The summed E-state index contributed by atoms with van der Waals surface area (Å²) in [4.78, 5) is 12.6. The third-order valence-corrected chi connectivity index (χ3v) is 7.43. The van der Waals surface area contributed by atoms with Gasteiger partial charge >= 0.3 is 0 Å². The molecule has 0 aliphatic heterocycles. The van der Waals surface area contributed by atoms with Crippen LogP contribution in [-0.4, -0.2) is 5.78 Å². The van der Waals surface area contributed by atoms with Crippen LogP contribution in [0.4, 0.5) is 5.69 Å². The van der Waals surface area contributed by atoms with Crippen molar-refractivity contribution in [3.8, 4) is 6.07 Å². The van der Waals surface area contributed by atoms with Crippen LogP contribution in [0.3, 0.4) is 0 Å². The second kappa shape index (κ2) is 5.34. The molecule has 3 nitrogen and oxygen atoms in total. The molecule has 5 atom stereocenters. The fraction of sp³-hybridized carbons (Fsp3) is 0.619. The van der Waals surface area contributed by atoms with Crippen LogP contribution in [0.2, 0.25) is 0 Å². The number of carbonyl (C=O) groups is 1. The Morgan fingerprint density at radius 3 is 2.83 bits per heavy atom. The predicted octanol–water partition coefficient (Wildman–Crippen LogP) is 4.20. The Morgan fingerprint density at radius 2 is 2.12 bits per heavy atom. The molecule has 0 amide bonds. The van der Waals surface area contributed by atoms with Gasteiger partial charge in [-0.05, 0) is 66.5 Å². The SMILES string of the molecule is CC[C@H]1C[C@]2(C)C(=O)CCC2C2CCc3c(ccc(C#N)c3N)C21. The number of Topliss-reactive ketones (excluding diaryl/α,β-unsaturated/α-hetero) is 1. The van der Waals surface area contributed by atoms with Crippen molar-refractivity contribution in [3.63, 3.8) is 0 Å². The van der Waals surface area contributed by atoms with E-state index < -0.39 is 0 Å². The number of nitrogen functional groups attached to an aromatic ring is 1. The van der Waals surface area contributed by atoms with Crippen molar-refractivity contribution in [3.05, 3.63) is 28.8 Å². The molecule has 126 valence electrons. The zero-order chi connectivity index (χ0) is 17.1. The van der Waals surface area contributed by atoms with Crippen molar-refractivity contribution in [2.45, 2.75) is 58.3 Å². The van der Waals surface area contributed by atoms with Crippen molar-refractivity contribution in [2.75, 3.05) is 5.73 Å². The molecule has 3 aliphatic carbocycles. The molecular formula is C21H26N2O. The molecule has 0 radical (unpaired) electrons. The number of hydrogen-bond acceptors (Lipinski definition) is 3. The highest BCUT2D eigenvalue weighted by Gasteiger charge is 2.57. The van der Waals surface area contributed by atoms with Gasteiger partial charge in [0.1, 0.15) is 11.9 Å². The molecule has 3 aliphatic rings. The van der Waals surface area contributed by atoms with Gasteiger partial charge in [-0.2, -0.15) is 5.26 Å². The molecule has 0 bridgehead atoms. The number of nitriles is 1. The molecule has 4 rings (SSSR count). The Kier molecular flexibility index (Phi) is 3.49. The van der Waals surface area contributed by atoms with Gasteiger partial charge in [0, 0.05) is 11.8 Å².